The first kappa shape index (κ1) is 14.8. The molecule has 18 heavy (non-hydrogen) atoms. The summed E-state index contributed by atoms with van der Waals surface area (Å²) in [6.45, 7) is 4.29. The van der Waals surface area contributed by atoms with Crippen molar-refractivity contribution in [2.24, 2.45) is 0 Å². The van der Waals surface area contributed by atoms with Crippen molar-refractivity contribution in [3.05, 3.63) is 22.8 Å². The van der Waals surface area contributed by atoms with Crippen LogP contribution in [0.5, 0.6) is 5.75 Å². The third kappa shape index (κ3) is 2.19. The third-order valence-corrected chi connectivity index (χ3v) is 4.33. The minimum absolute atomic E-state index is 0.00424. The molecule has 0 amide bonds. The van der Waals surface area contributed by atoms with Crippen LogP contribution in [-0.4, -0.2) is 19.0 Å². The van der Waals surface area contributed by atoms with Crippen molar-refractivity contribution in [2.45, 2.75) is 37.6 Å². The van der Waals surface area contributed by atoms with Gasteiger partial charge in [0.25, 0.3) is 9.84 Å². The van der Waals surface area contributed by atoms with Crippen LogP contribution in [0.15, 0.2) is 11.0 Å². The molecule has 0 aliphatic heterocycles. The molecule has 0 radical (unpaired) electrons. The van der Waals surface area contributed by atoms with Gasteiger partial charge in [-0.3, -0.25) is 0 Å². The van der Waals surface area contributed by atoms with Gasteiger partial charge in [0.05, 0.1) is 4.90 Å². The Hall–Kier alpha value is -1.24. The van der Waals surface area contributed by atoms with Crippen LogP contribution >= 0.6 is 0 Å². The van der Waals surface area contributed by atoms with Crippen LogP contribution in [0.3, 0.4) is 0 Å². The molecule has 1 N–H and O–H groups in total. The fourth-order valence-electron chi connectivity index (χ4n) is 1.78. The molecule has 102 valence electrons. The molecule has 7 heteroatoms. The van der Waals surface area contributed by atoms with Crippen LogP contribution in [0.2, 0.25) is 0 Å². The van der Waals surface area contributed by atoms with Gasteiger partial charge in [0.1, 0.15) is 5.75 Å². The van der Waals surface area contributed by atoms with Crippen LogP contribution < -0.4 is 0 Å². The van der Waals surface area contributed by atoms with Gasteiger partial charge < -0.3 is 5.11 Å². The van der Waals surface area contributed by atoms with Crippen LogP contribution in [0.25, 0.3) is 0 Å². The molecule has 3 nitrogen and oxygen atoms in total. The number of hydrogen-bond acceptors (Lipinski definition) is 3. The van der Waals surface area contributed by atoms with Crippen molar-refractivity contribution in [2.75, 3.05) is 0 Å². The maximum atomic E-state index is 12.5. The van der Waals surface area contributed by atoms with Gasteiger partial charge in [0, 0.05) is 0 Å². The predicted molar refractivity (Wildman–Crippen MR) is 60.2 cm³/mol. The van der Waals surface area contributed by atoms with E-state index >= 15 is 0 Å². The second kappa shape index (κ2) is 4.46. The summed E-state index contributed by atoms with van der Waals surface area (Å²) in [5.41, 5.74) is -5.07. The zero-order valence-corrected chi connectivity index (χ0v) is 10.9. The molecular weight excluding hydrogens is 269 g/mol. The lowest BCUT2D eigenvalue weighted by Crippen LogP contribution is -2.24. The Bertz CT molecular complexity index is 574. The van der Waals surface area contributed by atoms with E-state index in [1.165, 1.54) is 20.8 Å². The monoisotopic (exact) mass is 282 g/mol. The van der Waals surface area contributed by atoms with Crippen LogP contribution in [0.4, 0.5) is 13.2 Å². The number of alkyl halides is 3. The summed E-state index contributed by atoms with van der Waals surface area (Å²) in [5, 5.41) is 9.64. The molecule has 0 spiro atoms. The summed E-state index contributed by atoms with van der Waals surface area (Å²) in [6, 6.07) is 0.865. The van der Waals surface area contributed by atoms with Crippen LogP contribution in [0.1, 0.15) is 23.6 Å². The van der Waals surface area contributed by atoms with E-state index in [0.717, 1.165) is 6.07 Å². The fourth-order valence-corrected chi connectivity index (χ4v) is 2.98. The van der Waals surface area contributed by atoms with Crippen molar-refractivity contribution < 1.29 is 26.7 Å². The van der Waals surface area contributed by atoms with Gasteiger partial charge in [0.15, 0.2) is 0 Å². The molecule has 0 fully saturated rings. The number of halogens is 3. The number of phenolic OH excluding ortho intramolecular Hbond substituents is 1. The minimum Gasteiger partial charge on any atom is -0.507 e. The first-order valence-corrected chi connectivity index (χ1v) is 6.65. The predicted octanol–water partition coefficient (Wildman–Crippen LogP) is 2.86. The first-order chi connectivity index (χ1) is 8.04. The fraction of sp³-hybridized carbons (Fsp3) is 0.455. The largest absolute Gasteiger partial charge is 0.507 e. The van der Waals surface area contributed by atoms with Crippen molar-refractivity contribution in [1.82, 2.24) is 0 Å². The molecule has 0 atom stereocenters. The van der Waals surface area contributed by atoms with Gasteiger partial charge in [-0.05, 0) is 43.0 Å². The second-order valence-electron chi connectivity index (χ2n) is 3.95. The molecule has 0 heterocycles. The smallest absolute Gasteiger partial charge is 0.501 e. The van der Waals surface area contributed by atoms with Crippen molar-refractivity contribution in [1.29, 1.82) is 0 Å². The highest BCUT2D eigenvalue weighted by Gasteiger charge is 2.48. The number of hydrogen-bond donors (Lipinski definition) is 1. The van der Waals surface area contributed by atoms with E-state index in [9.17, 15) is 26.7 Å². The quantitative estimate of drug-likeness (QED) is 0.907. The number of benzene rings is 1. The second-order valence-corrected chi connectivity index (χ2v) is 5.86. The normalized spacial score (nSPS) is 12.8. The van der Waals surface area contributed by atoms with Crippen molar-refractivity contribution in [3.63, 3.8) is 0 Å². The molecule has 0 unspecified atom stereocenters. The van der Waals surface area contributed by atoms with E-state index in [2.05, 4.69) is 0 Å². The number of aromatic hydroxyl groups is 1. The Morgan fingerprint density at radius 3 is 2.17 bits per heavy atom. The third-order valence-electron chi connectivity index (χ3n) is 2.77. The topological polar surface area (TPSA) is 54.4 Å². The van der Waals surface area contributed by atoms with Gasteiger partial charge in [-0.15, -0.1) is 0 Å². The summed E-state index contributed by atoms with van der Waals surface area (Å²) in [7, 11) is -5.39. The van der Waals surface area contributed by atoms with E-state index in [1.807, 2.05) is 0 Å². The Balaban J connectivity index is 3.72. The average molecular weight is 282 g/mol. The maximum absolute atomic E-state index is 12.5. The van der Waals surface area contributed by atoms with Crippen LogP contribution in [-0.2, 0) is 16.3 Å². The van der Waals surface area contributed by atoms with Crippen LogP contribution in [0, 0.1) is 13.8 Å². The van der Waals surface area contributed by atoms with Gasteiger partial charge in [0.2, 0.25) is 0 Å². The SMILES string of the molecule is CCc1c(S(=O)(=O)C(F)(F)F)cc(C)c(O)c1C. The van der Waals surface area contributed by atoms with E-state index in [-0.39, 0.29) is 28.9 Å². The molecule has 0 saturated carbocycles. The van der Waals surface area contributed by atoms with E-state index in [0.29, 0.717) is 0 Å². The zero-order valence-electron chi connectivity index (χ0n) is 10.1. The maximum Gasteiger partial charge on any atom is 0.501 e. The standard InChI is InChI=1S/C11H13F3O3S/c1-4-8-7(3)10(15)6(2)5-9(8)18(16,17)11(12,13)14/h5,15H,4H2,1-3H3. The molecule has 0 aromatic heterocycles. The molecular formula is C11H13F3O3S. The first-order valence-electron chi connectivity index (χ1n) is 5.17. The molecule has 1 aromatic rings. The van der Waals surface area contributed by atoms with E-state index < -0.39 is 20.2 Å². The Morgan fingerprint density at radius 2 is 1.78 bits per heavy atom. The molecule has 0 saturated heterocycles. The average Bonchev–Trinajstić information content (AvgIpc) is 2.23. The van der Waals surface area contributed by atoms with Gasteiger partial charge in [-0.25, -0.2) is 8.42 Å². The number of sulfone groups is 1. The van der Waals surface area contributed by atoms with Crippen molar-refractivity contribution in [3.8, 4) is 5.75 Å². The zero-order chi connectivity index (χ0) is 14.3. The molecule has 0 aliphatic carbocycles. The Labute approximate surface area is 103 Å². The number of phenols is 1. The molecule has 0 bridgehead atoms. The highest BCUT2D eigenvalue weighted by molar-refractivity contribution is 7.92. The molecule has 1 rings (SSSR count). The summed E-state index contributed by atoms with van der Waals surface area (Å²) >= 11 is 0. The van der Waals surface area contributed by atoms with Gasteiger partial charge >= 0.3 is 5.51 Å². The lowest BCUT2D eigenvalue weighted by atomic mass is 10.0. The minimum atomic E-state index is -5.39. The molecule has 0 aliphatic rings. The molecule has 1 aromatic carbocycles. The summed E-state index contributed by atoms with van der Waals surface area (Å²) in [6.07, 6.45) is 0.0876. The van der Waals surface area contributed by atoms with E-state index in [4.69, 9.17) is 0 Å². The van der Waals surface area contributed by atoms with Gasteiger partial charge in [-0.2, -0.15) is 13.2 Å². The van der Waals surface area contributed by atoms with Gasteiger partial charge in [-0.1, -0.05) is 6.92 Å². The van der Waals surface area contributed by atoms with Crippen molar-refractivity contribution >= 4 is 9.84 Å². The lowest BCUT2D eigenvalue weighted by molar-refractivity contribution is -0.0436. The number of rotatable bonds is 2. The highest BCUT2D eigenvalue weighted by atomic mass is 32.2. The highest BCUT2D eigenvalue weighted by Crippen LogP contribution is 2.37. The lowest BCUT2D eigenvalue weighted by Gasteiger charge is -2.16. The van der Waals surface area contributed by atoms with E-state index in [1.54, 1.807) is 0 Å². The Kier molecular flexibility index (Phi) is 3.67. The summed E-state index contributed by atoms with van der Waals surface area (Å²) in [5.74, 6) is -0.173. The summed E-state index contributed by atoms with van der Waals surface area (Å²) < 4.78 is 60.5. The summed E-state index contributed by atoms with van der Waals surface area (Å²) in [4.78, 5) is -0.773. The Morgan fingerprint density at radius 1 is 1.28 bits per heavy atom. The number of aryl methyl sites for hydroxylation is 1.